The number of hydrogen-bond acceptors (Lipinski definition) is 2. The van der Waals surface area contributed by atoms with E-state index in [4.69, 9.17) is 0 Å². The van der Waals surface area contributed by atoms with Gasteiger partial charge in [0.25, 0.3) is 0 Å². The van der Waals surface area contributed by atoms with Gasteiger partial charge in [-0.1, -0.05) is 42.5 Å². The Bertz CT molecular complexity index is 777. The molecule has 2 rings (SSSR count). The van der Waals surface area contributed by atoms with E-state index in [9.17, 15) is 9.18 Å². The second-order valence-corrected chi connectivity index (χ2v) is 6.42. The predicted octanol–water partition coefficient (Wildman–Crippen LogP) is 2.85. The molecule has 0 aliphatic heterocycles. The first-order chi connectivity index (χ1) is 13.0. The number of guanidine groups is 1. The summed E-state index contributed by atoms with van der Waals surface area (Å²) in [5, 5.41) is 6.24. The van der Waals surface area contributed by atoms with Crippen LogP contribution in [-0.2, 0) is 17.9 Å². The average molecular weight is 370 g/mol. The Kier molecular flexibility index (Phi) is 7.79. The van der Waals surface area contributed by atoms with Gasteiger partial charge in [0.15, 0.2) is 5.96 Å². The van der Waals surface area contributed by atoms with Crippen molar-refractivity contribution in [1.82, 2.24) is 15.5 Å². The molecule has 0 bridgehead atoms. The minimum atomic E-state index is -0.218. The lowest BCUT2D eigenvalue weighted by atomic mass is 10.1. The summed E-state index contributed by atoms with van der Waals surface area (Å²) in [6, 6.07) is 15.0. The monoisotopic (exact) mass is 370 g/mol. The van der Waals surface area contributed by atoms with E-state index in [-0.39, 0.29) is 11.7 Å². The number of benzene rings is 2. The fourth-order valence-corrected chi connectivity index (χ4v) is 2.58. The first-order valence-electron chi connectivity index (χ1n) is 8.97. The van der Waals surface area contributed by atoms with Gasteiger partial charge >= 0.3 is 0 Å². The van der Waals surface area contributed by atoms with Gasteiger partial charge in [0.05, 0.1) is 0 Å². The Morgan fingerprint density at radius 3 is 2.52 bits per heavy atom. The van der Waals surface area contributed by atoms with E-state index < -0.39 is 0 Å². The molecule has 0 aliphatic rings. The van der Waals surface area contributed by atoms with E-state index in [1.165, 1.54) is 6.07 Å². The molecular formula is C21H27FN4O. The van der Waals surface area contributed by atoms with Gasteiger partial charge in [-0.3, -0.25) is 9.79 Å². The van der Waals surface area contributed by atoms with Crippen LogP contribution < -0.4 is 10.6 Å². The summed E-state index contributed by atoms with van der Waals surface area (Å²) in [6.45, 7) is 3.25. The van der Waals surface area contributed by atoms with Gasteiger partial charge in [0.1, 0.15) is 5.82 Å². The lowest BCUT2D eigenvalue weighted by molar-refractivity contribution is -0.130. The normalized spacial score (nSPS) is 11.2. The highest BCUT2D eigenvalue weighted by Gasteiger charge is 2.09. The third kappa shape index (κ3) is 6.73. The van der Waals surface area contributed by atoms with Crippen LogP contribution in [0.3, 0.4) is 0 Å². The molecule has 2 aromatic carbocycles. The minimum absolute atomic E-state index is 0.0578. The largest absolute Gasteiger partial charge is 0.356 e. The molecule has 27 heavy (non-hydrogen) atoms. The number of halogens is 1. The van der Waals surface area contributed by atoms with Gasteiger partial charge in [-0.05, 0) is 29.7 Å². The molecule has 144 valence electrons. The second-order valence-electron chi connectivity index (χ2n) is 6.42. The molecule has 1 amide bonds. The minimum Gasteiger partial charge on any atom is -0.356 e. The third-order valence-electron chi connectivity index (χ3n) is 4.24. The van der Waals surface area contributed by atoms with Crippen LogP contribution >= 0.6 is 0 Å². The van der Waals surface area contributed by atoms with Crippen molar-refractivity contribution in [2.24, 2.45) is 4.99 Å². The molecule has 0 atom stereocenters. The predicted molar refractivity (Wildman–Crippen MR) is 107 cm³/mol. The highest BCUT2D eigenvalue weighted by atomic mass is 19.1. The topological polar surface area (TPSA) is 56.7 Å². The lowest BCUT2D eigenvalue weighted by Crippen LogP contribution is -2.39. The zero-order valence-electron chi connectivity index (χ0n) is 16.1. The summed E-state index contributed by atoms with van der Waals surface area (Å²) in [4.78, 5) is 18.1. The molecule has 6 heteroatoms. The lowest BCUT2D eigenvalue weighted by Gasteiger charge is -2.18. The summed E-state index contributed by atoms with van der Waals surface area (Å²) in [6.07, 6.45) is 0.364. The highest BCUT2D eigenvalue weighted by Crippen LogP contribution is 2.08. The van der Waals surface area contributed by atoms with Crippen molar-refractivity contribution in [1.29, 1.82) is 0 Å². The molecule has 0 spiro atoms. The molecule has 2 aromatic rings. The Balaban J connectivity index is 1.73. The summed E-state index contributed by atoms with van der Waals surface area (Å²) >= 11 is 0. The van der Waals surface area contributed by atoms with E-state index >= 15 is 0 Å². The Morgan fingerprint density at radius 2 is 1.85 bits per heavy atom. The quantitative estimate of drug-likeness (QED) is 0.582. The smallest absolute Gasteiger partial charge is 0.224 e. The Morgan fingerprint density at radius 1 is 1.11 bits per heavy atom. The first kappa shape index (κ1) is 20.4. The van der Waals surface area contributed by atoms with Crippen molar-refractivity contribution < 1.29 is 9.18 Å². The summed E-state index contributed by atoms with van der Waals surface area (Å²) in [5.41, 5.74) is 2.56. The van der Waals surface area contributed by atoms with E-state index in [1.807, 2.05) is 36.4 Å². The maximum absolute atomic E-state index is 13.6. The van der Waals surface area contributed by atoms with Gasteiger partial charge < -0.3 is 15.5 Å². The van der Waals surface area contributed by atoms with E-state index in [0.717, 1.165) is 11.1 Å². The maximum atomic E-state index is 13.6. The van der Waals surface area contributed by atoms with Crippen LogP contribution in [0.4, 0.5) is 4.39 Å². The zero-order chi connectivity index (χ0) is 19.6. The standard InChI is InChI=1S/C21H27FN4O/c1-16-9-10-18(13-19(16)22)14-25-21(23-2)24-12-11-20(27)26(3)15-17-7-5-4-6-8-17/h4-10,13H,11-12,14-15H2,1-3H3,(H2,23,24,25). The van der Waals surface area contributed by atoms with Crippen LogP contribution in [-0.4, -0.2) is 37.4 Å². The van der Waals surface area contributed by atoms with Crippen molar-refractivity contribution in [3.63, 3.8) is 0 Å². The fourth-order valence-electron chi connectivity index (χ4n) is 2.58. The number of nitrogens with one attached hydrogen (secondary N) is 2. The summed E-state index contributed by atoms with van der Waals surface area (Å²) in [7, 11) is 3.46. The van der Waals surface area contributed by atoms with Gasteiger partial charge in [-0.2, -0.15) is 0 Å². The van der Waals surface area contributed by atoms with Crippen LogP contribution in [0.25, 0.3) is 0 Å². The molecule has 0 radical (unpaired) electrons. The van der Waals surface area contributed by atoms with Crippen LogP contribution in [0.5, 0.6) is 0 Å². The molecular weight excluding hydrogens is 343 g/mol. The molecule has 0 unspecified atom stereocenters. The number of carbonyl (C=O) groups is 1. The van der Waals surface area contributed by atoms with Gasteiger partial charge in [0, 0.05) is 40.2 Å². The van der Waals surface area contributed by atoms with Crippen LogP contribution in [0.15, 0.2) is 53.5 Å². The van der Waals surface area contributed by atoms with Crippen molar-refractivity contribution in [2.75, 3.05) is 20.6 Å². The van der Waals surface area contributed by atoms with Gasteiger partial charge in [-0.15, -0.1) is 0 Å². The number of nitrogens with zero attached hydrogens (tertiary/aromatic N) is 2. The third-order valence-corrected chi connectivity index (χ3v) is 4.24. The zero-order valence-corrected chi connectivity index (χ0v) is 16.1. The van der Waals surface area contributed by atoms with Gasteiger partial charge in [-0.25, -0.2) is 4.39 Å². The summed E-state index contributed by atoms with van der Waals surface area (Å²) < 4.78 is 13.6. The molecule has 0 saturated carbocycles. The Hall–Kier alpha value is -2.89. The number of rotatable bonds is 7. The van der Waals surface area contributed by atoms with E-state index in [0.29, 0.717) is 37.6 Å². The van der Waals surface area contributed by atoms with Crippen molar-refractivity contribution in [3.8, 4) is 0 Å². The number of aliphatic imine (C=N–C) groups is 1. The second kappa shape index (κ2) is 10.3. The molecule has 5 nitrogen and oxygen atoms in total. The first-order valence-corrected chi connectivity index (χ1v) is 8.97. The molecule has 0 saturated heterocycles. The SMILES string of the molecule is CN=C(NCCC(=O)N(C)Cc1ccccc1)NCc1ccc(C)c(F)c1. The Labute approximate surface area is 160 Å². The number of amides is 1. The maximum Gasteiger partial charge on any atom is 0.224 e. The molecule has 0 aromatic heterocycles. The van der Waals surface area contributed by atoms with Crippen molar-refractivity contribution in [2.45, 2.75) is 26.4 Å². The molecule has 0 aliphatic carbocycles. The van der Waals surface area contributed by atoms with E-state index in [2.05, 4.69) is 15.6 Å². The van der Waals surface area contributed by atoms with Crippen LogP contribution in [0.2, 0.25) is 0 Å². The highest BCUT2D eigenvalue weighted by molar-refractivity contribution is 5.81. The number of hydrogen-bond donors (Lipinski definition) is 2. The van der Waals surface area contributed by atoms with Crippen molar-refractivity contribution in [3.05, 3.63) is 71.0 Å². The van der Waals surface area contributed by atoms with Crippen molar-refractivity contribution >= 4 is 11.9 Å². The number of aryl methyl sites for hydroxylation is 1. The van der Waals surface area contributed by atoms with E-state index in [1.54, 1.807) is 32.0 Å². The molecule has 2 N–H and O–H groups in total. The summed E-state index contributed by atoms with van der Waals surface area (Å²) in [5.74, 6) is 0.418. The fraction of sp³-hybridized carbons (Fsp3) is 0.333. The van der Waals surface area contributed by atoms with Crippen LogP contribution in [0, 0.1) is 12.7 Å². The van der Waals surface area contributed by atoms with Gasteiger partial charge in [0.2, 0.25) is 5.91 Å². The van der Waals surface area contributed by atoms with Crippen LogP contribution in [0.1, 0.15) is 23.1 Å². The number of carbonyl (C=O) groups excluding carboxylic acids is 1. The average Bonchev–Trinajstić information content (AvgIpc) is 2.67. The molecule has 0 heterocycles. The molecule has 0 fully saturated rings.